The average molecular weight is 441 g/mol. The van der Waals surface area contributed by atoms with Gasteiger partial charge in [-0.3, -0.25) is 0 Å². The third kappa shape index (κ3) is 5.17. The summed E-state index contributed by atoms with van der Waals surface area (Å²) in [5.74, 6) is 0. The van der Waals surface area contributed by atoms with E-state index in [9.17, 15) is 21.6 Å². The summed E-state index contributed by atoms with van der Waals surface area (Å²) in [4.78, 5) is 0.0559. The summed E-state index contributed by atoms with van der Waals surface area (Å²) in [6, 6.07) is 14.2. The Kier molecular flexibility index (Phi) is 6.02. The lowest BCUT2D eigenvalue weighted by Gasteiger charge is -2.22. The van der Waals surface area contributed by atoms with Gasteiger partial charge < -0.3 is 5.32 Å². The number of anilines is 1. The molecule has 0 saturated carbocycles. The van der Waals surface area contributed by atoms with Crippen LogP contribution >= 0.6 is 11.3 Å². The van der Waals surface area contributed by atoms with Crippen molar-refractivity contribution in [3.05, 3.63) is 81.5 Å². The summed E-state index contributed by atoms with van der Waals surface area (Å²) < 4.78 is 63.4. The largest absolute Gasteiger partial charge is 0.417 e. The summed E-state index contributed by atoms with van der Waals surface area (Å²) in [6.07, 6.45) is -4.30. The Hall–Kier alpha value is -2.36. The molecule has 1 unspecified atom stereocenters. The molecule has 0 aliphatic heterocycles. The van der Waals surface area contributed by atoms with Crippen LogP contribution in [0, 0.1) is 6.92 Å². The van der Waals surface area contributed by atoms with E-state index in [2.05, 4.69) is 5.32 Å². The van der Waals surface area contributed by atoms with Gasteiger partial charge in [0.05, 0.1) is 16.5 Å². The number of alkyl halides is 3. The second-order valence-electron chi connectivity index (χ2n) is 6.61. The zero-order chi connectivity index (χ0) is 21.2. The van der Waals surface area contributed by atoms with Gasteiger partial charge in [0, 0.05) is 10.6 Å². The summed E-state index contributed by atoms with van der Waals surface area (Å²) in [7, 11) is -4.51. The molecule has 1 atom stereocenters. The van der Waals surface area contributed by atoms with Gasteiger partial charge in [-0.05, 0) is 54.1 Å². The van der Waals surface area contributed by atoms with Crippen molar-refractivity contribution in [1.82, 2.24) is 0 Å². The van der Waals surface area contributed by atoms with Crippen LogP contribution in [-0.2, 0) is 22.6 Å². The van der Waals surface area contributed by atoms with Crippen molar-refractivity contribution >= 4 is 27.0 Å². The van der Waals surface area contributed by atoms with Crippen molar-refractivity contribution in [3.63, 3.8) is 0 Å². The van der Waals surface area contributed by atoms with Gasteiger partial charge in [-0.1, -0.05) is 30.3 Å². The standard InChI is InChI=1S/C20H19F3N2O2S2/c1-13-9-10-28-19(13)17(11-14-5-3-2-4-6-14)25-15-7-8-18(29(24,26)27)16(12-15)20(21,22)23/h2-10,12,17,25H,11H2,1H3,(H2,24,26,27). The molecule has 29 heavy (non-hydrogen) atoms. The summed E-state index contributed by atoms with van der Waals surface area (Å²) in [5.41, 5.74) is 0.931. The van der Waals surface area contributed by atoms with E-state index >= 15 is 0 Å². The van der Waals surface area contributed by atoms with E-state index in [0.717, 1.165) is 28.1 Å². The van der Waals surface area contributed by atoms with E-state index < -0.39 is 26.7 Å². The average Bonchev–Trinajstić information content (AvgIpc) is 3.06. The molecule has 1 heterocycles. The van der Waals surface area contributed by atoms with Crippen molar-refractivity contribution in [1.29, 1.82) is 0 Å². The van der Waals surface area contributed by atoms with Crippen molar-refractivity contribution in [2.75, 3.05) is 5.32 Å². The number of nitrogens with two attached hydrogens (primary N) is 1. The van der Waals surface area contributed by atoms with E-state index in [0.29, 0.717) is 6.42 Å². The van der Waals surface area contributed by atoms with Crippen LogP contribution in [0.4, 0.5) is 18.9 Å². The monoisotopic (exact) mass is 440 g/mol. The van der Waals surface area contributed by atoms with Gasteiger partial charge >= 0.3 is 6.18 Å². The number of hydrogen-bond acceptors (Lipinski definition) is 4. The molecule has 154 valence electrons. The van der Waals surface area contributed by atoms with Crippen LogP contribution in [0.5, 0.6) is 0 Å². The molecule has 0 radical (unpaired) electrons. The first-order valence-electron chi connectivity index (χ1n) is 8.64. The highest BCUT2D eigenvalue weighted by atomic mass is 32.2. The van der Waals surface area contributed by atoms with Crippen LogP contribution in [0.15, 0.2) is 64.9 Å². The molecule has 0 aliphatic carbocycles. The molecule has 0 fully saturated rings. The Bertz CT molecular complexity index is 1090. The summed E-state index contributed by atoms with van der Waals surface area (Å²) in [5, 5.41) is 10.0. The first kappa shape index (κ1) is 21.4. The molecule has 3 N–H and O–H groups in total. The summed E-state index contributed by atoms with van der Waals surface area (Å²) in [6.45, 7) is 1.94. The van der Waals surface area contributed by atoms with Crippen LogP contribution < -0.4 is 10.5 Å². The fourth-order valence-electron chi connectivity index (χ4n) is 3.09. The molecular weight excluding hydrogens is 421 g/mol. The quantitative estimate of drug-likeness (QED) is 0.559. The molecule has 0 bridgehead atoms. The summed E-state index contributed by atoms with van der Waals surface area (Å²) >= 11 is 1.51. The van der Waals surface area contributed by atoms with Crippen molar-refractivity contribution in [2.24, 2.45) is 5.14 Å². The van der Waals surface area contributed by atoms with Crippen molar-refractivity contribution in [2.45, 2.75) is 30.5 Å². The van der Waals surface area contributed by atoms with Gasteiger partial charge in [0.15, 0.2) is 0 Å². The van der Waals surface area contributed by atoms with Crippen LogP contribution in [0.2, 0.25) is 0 Å². The highest BCUT2D eigenvalue weighted by Crippen LogP contribution is 2.37. The maximum atomic E-state index is 13.4. The lowest BCUT2D eigenvalue weighted by Crippen LogP contribution is -2.20. The van der Waals surface area contributed by atoms with Crippen molar-refractivity contribution < 1.29 is 21.6 Å². The number of sulfonamides is 1. The molecule has 2 aromatic carbocycles. The van der Waals surface area contributed by atoms with Gasteiger partial charge in [0.1, 0.15) is 0 Å². The fraction of sp³-hybridized carbons (Fsp3) is 0.200. The normalized spacial score (nSPS) is 13.3. The third-order valence-corrected chi connectivity index (χ3v) is 6.53. The Balaban J connectivity index is 2.00. The zero-order valence-electron chi connectivity index (χ0n) is 15.4. The van der Waals surface area contributed by atoms with Crippen molar-refractivity contribution in [3.8, 4) is 0 Å². The lowest BCUT2D eigenvalue weighted by atomic mass is 10.0. The molecule has 3 aromatic rings. The van der Waals surface area contributed by atoms with Gasteiger partial charge in [0.25, 0.3) is 0 Å². The number of halogens is 3. The molecule has 9 heteroatoms. The molecule has 0 spiro atoms. The molecule has 0 aliphatic rings. The predicted molar refractivity (Wildman–Crippen MR) is 108 cm³/mol. The number of primary sulfonamides is 1. The Morgan fingerprint density at radius 2 is 1.79 bits per heavy atom. The van der Waals surface area contributed by atoms with E-state index in [4.69, 9.17) is 5.14 Å². The number of benzene rings is 2. The molecule has 1 aromatic heterocycles. The van der Waals surface area contributed by atoms with Gasteiger partial charge in [-0.25, -0.2) is 13.6 Å². The van der Waals surface area contributed by atoms with Crippen LogP contribution in [0.25, 0.3) is 0 Å². The molecule has 4 nitrogen and oxygen atoms in total. The third-order valence-electron chi connectivity index (χ3n) is 4.43. The minimum atomic E-state index is -4.85. The topological polar surface area (TPSA) is 72.2 Å². The second-order valence-corrected chi connectivity index (χ2v) is 9.09. The Morgan fingerprint density at radius 1 is 1.10 bits per heavy atom. The van der Waals surface area contributed by atoms with Gasteiger partial charge in [0.2, 0.25) is 10.0 Å². The maximum absolute atomic E-state index is 13.4. The fourth-order valence-corrected chi connectivity index (χ4v) is 4.81. The highest BCUT2D eigenvalue weighted by molar-refractivity contribution is 7.89. The highest BCUT2D eigenvalue weighted by Gasteiger charge is 2.36. The van der Waals surface area contributed by atoms with Crippen LogP contribution in [-0.4, -0.2) is 8.42 Å². The minimum Gasteiger partial charge on any atom is -0.377 e. The maximum Gasteiger partial charge on any atom is 0.417 e. The number of aryl methyl sites for hydroxylation is 1. The smallest absolute Gasteiger partial charge is 0.377 e. The molecular formula is C20H19F3N2O2S2. The first-order chi connectivity index (χ1) is 13.6. The Morgan fingerprint density at radius 3 is 2.34 bits per heavy atom. The van der Waals surface area contributed by atoms with E-state index in [1.165, 1.54) is 17.4 Å². The number of hydrogen-bond donors (Lipinski definition) is 2. The second kappa shape index (κ2) is 8.17. The van der Waals surface area contributed by atoms with E-state index in [1.807, 2.05) is 48.7 Å². The van der Waals surface area contributed by atoms with Gasteiger partial charge in [-0.15, -0.1) is 11.3 Å². The zero-order valence-corrected chi connectivity index (χ0v) is 17.0. The lowest BCUT2D eigenvalue weighted by molar-refractivity contribution is -0.139. The number of thiophene rings is 1. The van der Waals surface area contributed by atoms with E-state index in [1.54, 1.807) is 0 Å². The molecule has 0 amide bonds. The first-order valence-corrected chi connectivity index (χ1v) is 11.1. The SMILES string of the molecule is Cc1ccsc1C(Cc1ccccc1)Nc1ccc(S(N)(=O)=O)c(C(F)(F)F)c1. The molecule has 0 saturated heterocycles. The predicted octanol–water partition coefficient (Wildman–Crippen LogP) is 5.12. The van der Waals surface area contributed by atoms with Crippen LogP contribution in [0.3, 0.4) is 0 Å². The molecule has 3 rings (SSSR count). The number of nitrogens with one attached hydrogen (secondary N) is 1. The number of rotatable bonds is 6. The van der Waals surface area contributed by atoms with E-state index in [-0.39, 0.29) is 11.7 Å². The van der Waals surface area contributed by atoms with Crippen LogP contribution in [0.1, 0.15) is 27.6 Å². The van der Waals surface area contributed by atoms with Gasteiger partial charge in [-0.2, -0.15) is 13.2 Å². The minimum absolute atomic E-state index is 0.165. The Labute approximate surface area is 171 Å².